The number of imidazole rings is 1. The predicted octanol–water partition coefficient (Wildman–Crippen LogP) is 1.27. The molecule has 0 spiro atoms. The van der Waals surface area contributed by atoms with E-state index in [4.69, 9.17) is 10.2 Å². The number of H-pyrrole nitrogens is 1. The molecule has 1 aliphatic carbocycles. The number of aliphatic carboxylic acids is 2. The monoisotopic (exact) mass is 375 g/mol. The van der Waals surface area contributed by atoms with Crippen molar-refractivity contribution in [2.75, 3.05) is 0 Å². The first-order valence-electron chi connectivity index (χ1n) is 7.62. The van der Waals surface area contributed by atoms with Crippen LogP contribution in [0.25, 0.3) is 16.9 Å². The molecule has 0 bridgehead atoms. The second-order valence-corrected chi connectivity index (χ2v) is 5.96. The summed E-state index contributed by atoms with van der Waals surface area (Å²) in [6.45, 7) is 0. The summed E-state index contributed by atoms with van der Waals surface area (Å²) in [6.07, 6.45) is 1.64. The maximum Gasteiger partial charge on any atom is 0.309 e. The molecule has 0 saturated carbocycles. The molecule has 0 amide bonds. The van der Waals surface area contributed by atoms with Crippen LogP contribution in [0.15, 0.2) is 29.2 Å². The Hall–Kier alpha value is -3.13. The summed E-state index contributed by atoms with van der Waals surface area (Å²) in [5.41, 5.74) is 3.77. The summed E-state index contributed by atoms with van der Waals surface area (Å²) < 4.78 is 1.61. The number of hydrogen-bond donors (Lipinski definition) is 3. The van der Waals surface area contributed by atoms with Gasteiger partial charge in [0.15, 0.2) is 0 Å². The van der Waals surface area contributed by atoms with Gasteiger partial charge in [0.05, 0.1) is 29.9 Å². The van der Waals surface area contributed by atoms with Gasteiger partial charge in [0, 0.05) is 18.2 Å². The van der Waals surface area contributed by atoms with Crippen molar-refractivity contribution in [3.8, 4) is 11.3 Å². The van der Waals surface area contributed by atoms with Gasteiger partial charge in [-0.1, -0.05) is 18.2 Å². The maximum atomic E-state index is 12.3. The van der Waals surface area contributed by atoms with Crippen molar-refractivity contribution in [2.24, 2.45) is 0 Å². The van der Waals surface area contributed by atoms with E-state index in [9.17, 15) is 14.4 Å². The number of nitrogens with zero attached hydrogens (tertiary/aromatic N) is 2. The molecule has 0 saturated heterocycles. The number of aromatic amines is 1. The van der Waals surface area contributed by atoms with Crippen molar-refractivity contribution in [2.45, 2.75) is 19.3 Å². The lowest BCUT2D eigenvalue weighted by atomic mass is 10.0. The largest absolute Gasteiger partial charge is 0.481 e. The molecule has 0 fully saturated rings. The number of rotatable bonds is 4. The lowest BCUT2D eigenvalue weighted by Gasteiger charge is -2.05. The predicted molar refractivity (Wildman–Crippen MR) is 94.0 cm³/mol. The van der Waals surface area contributed by atoms with Gasteiger partial charge in [0.1, 0.15) is 0 Å². The smallest absolute Gasteiger partial charge is 0.309 e. The average molecular weight is 376 g/mol. The highest BCUT2D eigenvalue weighted by Crippen LogP contribution is 2.36. The number of carbonyl (C=O) groups is 2. The molecular formula is C17H14ClN3O5. The Balaban J connectivity index is 0.00000196. The summed E-state index contributed by atoms with van der Waals surface area (Å²) in [7, 11) is 0. The molecule has 0 unspecified atom stereocenters. The van der Waals surface area contributed by atoms with Crippen molar-refractivity contribution in [1.82, 2.24) is 14.4 Å². The van der Waals surface area contributed by atoms with E-state index in [1.54, 1.807) is 22.7 Å². The lowest BCUT2D eigenvalue weighted by molar-refractivity contribution is -0.137. The molecule has 26 heavy (non-hydrogen) atoms. The second kappa shape index (κ2) is 6.30. The SMILES string of the molecule is Cl.O=C(O)Cc1cn2c3c([nH]c(=O)c2n1)-c1cccc(CC(=O)O)c1C3. The Morgan fingerprint density at radius 2 is 1.92 bits per heavy atom. The lowest BCUT2D eigenvalue weighted by Crippen LogP contribution is -2.13. The van der Waals surface area contributed by atoms with E-state index in [-0.39, 0.29) is 30.9 Å². The molecule has 2 heterocycles. The third-order valence-corrected chi connectivity index (χ3v) is 4.34. The standard InChI is InChI=1S/C17H13N3O5.ClH/c21-13(22)4-8-2-1-3-10-11(8)6-12-15(10)19-17(25)16-18-9(5-14(23)24)7-20(12)16;/h1-3,7H,4-6H2,(H,19,25)(H,21,22)(H,23,24);1H. The van der Waals surface area contributed by atoms with E-state index in [1.807, 2.05) is 6.07 Å². The molecule has 0 atom stereocenters. The van der Waals surface area contributed by atoms with E-state index >= 15 is 0 Å². The molecule has 2 aromatic heterocycles. The van der Waals surface area contributed by atoms with Gasteiger partial charge in [-0.15, -0.1) is 12.4 Å². The van der Waals surface area contributed by atoms with Gasteiger partial charge < -0.3 is 15.2 Å². The van der Waals surface area contributed by atoms with Crippen molar-refractivity contribution in [3.63, 3.8) is 0 Å². The van der Waals surface area contributed by atoms with Gasteiger partial charge in [0.25, 0.3) is 5.56 Å². The fourth-order valence-corrected chi connectivity index (χ4v) is 3.37. The van der Waals surface area contributed by atoms with Crippen molar-refractivity contribution in [3.05, 3.63) is 57.3 Å². The normalized spacial score (nSPS) is 11.7. The Labute approximate surface area is 152 Å². The van der Waals surface area contributed by atoms with E-state index in [2.05, 4.69) is 9.97 Å². The van der Waals surface area contributed by atoms with Crippen molar-refractivity contribution >= 4 is 30.0 Å². The Bertz CT molecular complexity index is 1120. The molecule has 1 aliphatic rings. The highest BCUT2D eigenvalue weighted by Gasteiger charge is 2.26. The summed E-state index contributed by atoms with van der Waals surface area (Å²) in [4.78, 5) is 41.2. The molecule has 4 rings (SSSR count). The zero-order valence-corrected chi connectivity index (χ0v) is 14.2. The molecular weight excluding hydrogens is 362 g/mol. The molecule has 0 radical (unpaired) electrons. The van der Waals surface area contributed by atoms with Crippen molar-refractivity contribution < 1.29 is 19.8 Å². The minimum absolute atomic E-state index is 0. The number of aromatic nitrogens is 3. The number of hydrogen-bond acceptors (Lipinski definition) is 4. The van der Waals surface area contributed by atoms with E-state index in [0.717, 1.165) is 16.8 Å². The Morgan fingerprint density at radius 3 is 2.62 bits per heavy atom. The zero-order chi connectivity index (χ0) is 17.7. The molecule has 134 valence electrons. The van der Waals surface area contributed by atoms with Gasteiger partial charge in [-0.3, -0.25) is 18.8 Å². The topological polar surface area (TPSA) is 125 Å². The van der Waals surface area contributed by atoms with Crippen LogP contribution in [0, 0.1) is 0 Å². The van der Waals surface area contributed by atoms with Crippen LogP contribution in [-0.4, -0.2) is 36.5 Å². The van der Waals surface area contributed by atoms with E-state index in [1.165, 1.54) is 0 Å². The molecule has 3 aromatic rings. The third-order valence-electron chi connectivity index (χ3n) is 4.34. The summed E-state index contributed by atoms with van der Waals surface area (Å²) >= 11 is 0. The zero-order valence-electron chi connectivity index (χ0n) is 13.4. The highest BCUT2D eigenvalue weighted by atomic mass is 35.5. The molecule has 0 aliphatic heterocycles. The van der Waals surface area contributed by atoms with Crippen LogP contribution < -0.4 is 5.56 Å². The van der Waals surface area contributed by atoms with Crippen LogP contribution in [0.4, 0.5) is 0 Å². The Kier molecular flexibility index (Phi) is 4.29. The Morgan fingerprint density at radius 1 is 1.19 bits per heavy atom. The maximum absolute atomic E-state index is 12.3. The molecule has 3 N–H and O–H groups in total. The van der Waals surface area contributed by atoms with Gasteiger partial charge in [-0.05, 0) is 11.1 Å². The first-order valence-corrected chi connectivity index (χ1v) is 7.62. The summed E-state index contributed by atoms with van der Waals surface area (Å²) in [5.74, 6) is -1.95. The van der Waals surface area contributed by atoms with Crippen LogP contribution in [-0.2, 0) is 28.9 Å². The van der Waals surface area contributed by atoms with Crippen LogP contribution in [0.5, 0.6) is 0 Å². The van der Waals surface area contributed by atoms with Gasteiger partial charge >= 0.3 is 11.9 Å². The highest BCUT2D eigenvalue weighted by molar-refractivity contribution is 5.85. The molecule has 8 nitrogen and oxygen atoms in total. The molecule has 9 heteroatoms. The number of carboxylic acid groups (broad SMARTS) is 2. The third kappa shape index (κ3) is 2.74. The van der Waals surface area contributed by atoms with Crippen molar-refractivity contribution in [1.29, 1.82) is 0 Å². The summed E-state index contributed by atoms with van der Waals surface area (Å²) in [6, 6.07) is 5.36. The summed E-state index contributed by atoms with van der Waals surface area (Å²) in [5, 5.41) is 18.0. The first-order chi connectivity index (χ1) is 11.9. The number of carboxylic acids is 2. The minimum atomic E-state index is -1.02. The van der Waals surface area contributed by atoms with Crippen LogP contribution in [0.2, 0.25) is 0 Å². The number of benzene rings is 1. The number of nitrogens with one attached hydrogen (secondary N) is 1. The van der Waals surface area contributed by atoms with Gasteiger partial charge in [0.2, 0.25) is 5.65 Å². The van der Waals surface area contributed by atoms with E-state index < -0.39 is 17.5 Å². The second-order valence-electron chi connectivity index (χ2n) is 5.96. The van der Waals surface area contributed by atoms with Crippen LogP contribution in [0.3, 0.4) is 0 Å². The van der Waals surface area contributed by atoms with Crippen LogP contribution >= 0.6 is 12.4 Å². The number of fused-ring (bicyclic) bond motifs is 5. The van der Waals surface area contributed by atoms with Gasteiger partial charge in [-0.2, -0.15) is 0 Å². The number of halogens is 1. The van der Waals surface area contributed by atoms with Crippen LogP contribution in [0.1, 0.15) is 22.5 Å². The minimum Gasteiger partial charge on any atom is -0.481 e. The first kappa shape index (κ1) is 17.7. The fraction of sp³-hybridized carbons (Fsp3) is 0.176. The fourth-order valence-electron chi connectivity index (χ4n) is 3.37. The van der Waals surface area contributed by atoms with E-state index in [0.29, 0.717) is 23.4 Å². The average Bonchev–Trinajstić information content (AvgIpc) is 3.09. The van der Waals surface area contributed by atoms with Gasteiger partial charge in [-0.25, -0.2) is 4.98 Å². The molecule has 1 aromatic carbocycles. The quantitative estimate of drug-likeness (QED) is 0.493.